The Morgan fingerprint density at radius 2 is 2.20 bits per heavy atom. The van der Waals surface area contributed by atoms with Crippen LogP contribution in [0.4, 0.5) is 0 Å². The Morgan fingerprint density at radius 3 is 2.67 bits per heavy atom. The molecule has 0 aliphatic carbocycles. The molecule has 1 rings (SSSR count). The van der Waals surface area contributed by atoms with E-state index in [1.165, 1.54) is 12.8 Å². The van der Waals surface area contributed by atoms with Crippen LogP contribution in [0.15, 0.2) is 0 Å². The highest BCUT2D eigenvalue weighted by atomic mass is 35.5. The van der Waals surface area contributed by atoms with Gasteiger partial charge in [-0.2, -0.15) is 0 Å². The van der Waals surface area contributed by atoms with Gasteiger partial charge in [-0.1, -0.05) is 6.42 Å². The molecule has 1 aliphatic heterocycles. The maximum Gasteiger partial charge on any atom is 0.235 e. The van der Waals surface area contributed by atoms with Crippen molar-refractivity contribution in [3.05, 3.63) is 0 Å². The summed E-state index contributed by atoms with van der Waals surface area (Å²) in [6, 6.07) is 0. The van der Waals surface area contributed by atoms with Gasteiger partial charge in [0, 0.05) is 12.9 Å². The highest BCUT2D eigenvalue weighted by Gasteiger charge is 2.32. The first-order chi connectivity index (χ1) is 6.99. The molecule has 1 unspecified atom stereocenters. The van der Waals surface area contributed by atoms with Gasteiger partial charge in [-0.3, -0.25) is 4.79 Å². The van der Waals surface area contributed by atoms with Gasteiger partial charge in [0.2, 0.25) is 5.91 Å². The van der Waals surface area contributed by atoms with Gasteiger partial charge in [0.05, 0.1) is 10.8 Å². The number of hydrogen-bond acceptors (Lipinski definition) is 2. The summed E-state index contributed by atoms with van der Waals surface area (Å²) in [6.45, 7) is 4.01. The van der Waals surface area contributed by atoms with Crippen LogP contribution in [0.25, 0.3) is 0 Å². The third-order valence-electron chi connectivity index (χ3n) is 3.02. The highest BCUT2D eigenvalue weighted by Crippen LogP contribution is 2.28. The molecule has 1 fully saturated rings. The van der Waals surface area contributed by atoms with Crippen molar-refractivity contribution in [2.24, 2.45) is 0 Å². The van der Waals surface area contributed by atoms with Gasteiger partial charge in [0.15, 0.2) is 0 Å². The molecule has 4 heteroatoms. The lowest BCUT2D eigenvalue weighted by molar-refractivity contribution is -0.133. The zero-order chi connectivity index (χ0) is 11.5. The van der Waals surface area contributed by atoms with Crippen LogP contribution in [0.5, 0.6) is 0 Å². The molecule has 0 spiro atoms. The molecule has 0 bridgehead atoms. The number of amides is 1. The molecule has 0 saturated carbocycles. The van der Waals surface area contributed by atoms with Crippen molar-refractivity contribution in [3.63, 3.8) is 0 Å². The minimum absolute atomic E-state index is 0.159. The van der Waals surface area contributed by atoms with Crippen LogP contribution in [0, 0.1) is 0 Å². The fourth-order valence-electron chi connectivity index (χ4n) is 1.54. The molecule has 0 aromatic rings. The summed E-state index contributed by atoms with van der Waals surface area (Å²) in [5.74, 6) is 1.84. The zero-order valence-corrected chi connectivity index (χ0v) is 11.3. The minimum Gasteiger partial charge on any atom is -0.338 e. The maximum atomic E-state index is 12.2. The fraction of sp³-hybridized carbons (Fsp3) is 0.909. The molecule has 1 amide bonds. The SMILES string of the molecule is CN(C(=O)C1CCCCS1)C(C)(C)CCl. The Hall–Kier alpha value is 0.110. The van der Waals surface area contributed by atoms with E-state index in [0.717, 1.165) is 12.2 Å². The van der Waals surface area contributed by atoms with Crippen LogP contribution in [-0.2, 0) is 4.79 Å². The molecule has 1 saturated heterocycles. The first-order valence-electron chi connectivity index (χ1n) is 5.44. The van der Waals surface area contributed by atoms with Gasteiger partial charge in [-0.15, -0.1) is 23.4 Å². The predicted octanol–water partition coefficient (Wildman–Crippen LogP) is 2.75. The van der Waals surface area contributed by atoms with Crippen molar-refractivity contribution in [2.45, 2.75) is 43.9 Å². The molecule has 0 aromatic heterocycles. The van der Waals surface area contributed by atoms with Gasteiger partial charge in [-0.05, 0) is 32.4 Å². The van der Waals surface area contributed by atoms with Crippen molar-refractivity contribution in [1.29, 1.82) is 0 Å². The highest BCUT2D eigenvalue weighted by molar-refractivity contribution is 8.00. The van der Waals surface area contributed by atoms with E-state index in [1.807, 2.05) is 25.8 Å². The van der Waals surface area contributed by atoms with Gasteiger partial charge < -0.3 is 4.90 Å². The first-order valence-corrected chi connectivity index (χ1v) is 7.02. The molecule has 15 heavy (non-hydrogen) atoms. The Labute approximate surface area is 102 Å². The van der Waals surface area contributed by atoms with Crippen LogP contribution in [0.1, 0.15) is 33.1 Å². The number of thioether (sulfide) groups is 1. The Kier molecular flexibility index (Phi) is 4.78. The summed E-state index contributed by atoms with van der Waals surface area (Å²) in [5.41, 5.74) is -0.239. The predicted molar refractivity (Wildman–Crippen MR) is 67.7 cm³/mol. The van der Waals surface area contributed by atoms with E-state index in [0.29, 0.717) is 5.88 Å². The second-order valence-corrected chi connectivity index (χ2v) is 6.28. The average molecular weight is 250 g/mol. The number of rotatable bonds is 3. The second kappa shape index (κ2) is 5.44. The Bertz CT molecular complexity index is 227. The van der Waals surface area contributed by atoms with Gasteiger partial charge in [0.1, 0.15) is 0 Å². The lowest BCUT2D eigenvalue weighted by Gasteiger charge is -2.37. The third kappa shape index (κ3) is 3.28. The van der Waals surface area contributed by atoms with Crippen LogP contribution >= 0.6 is 23.4 Å². The van der Waals surface area contributed by atoms with Gasteiger partial charge >= 0.3 is 0 Å². The number of nitrogens with zero attached hydrogens (tertiary/aromatic N) is 1. The fourth-order valence-corrected chi connectivity index (χ4v) is 3.01. The molecule has 0 aromatic carbocycles. The first kappa shape index (κ1) is 13.2. The van der Waals surface area contributed by atoms with E-state index >= 15 is 0 Å². The van der Waals surface area contributed by atoms with Gasteiger partial charge in [-0.25, -0.2) is 0 Å². The molecular formula is C11H20ClNOS. The number of alkyl halides is 1. The van der Waals surface area contributed by atoms with Crippen molar-refractivity contribution in [3.8, 4) is 0 Å². The minimum atomic E-state index is -0.239. The van der Waals surface area contributed by atoms with Crippen LogP contribution in [0.3, 0.4) is 0 Å². The van der Waals surface area contributed by atoms with Crippen LogP contribution < -0.4 is 0 Å². The second-order valence-electron chi connectivity index (χ2n) is 4.70. The number of carbonyl (C=O) groups excluding carboxylic acids is 1. The van der Waals surface area contributed by atoms with E-state index in [9.17, 15) is 4.79 Å². The van der Waals surface area contributed by atoms with Crippen molar-refractivity contribution < 1.29 is 4.79 Å². The van der Waals surface area contributed by atoms with E-state index in [1.54, 1.807) is 11.8 Å². The van der Waals surface area contributed by atoms with Crippen molar-refractivity contribution >= 4 is 29.3 Å². The molecule has 0 radical (unpaired) electrons. The summed E-state index contributed by atoms with van der Waals surface area (Å²) in [4.78, 5) is 14.0. The van der Waals surface area contributed by atoms with E-state index in [-0.39, 0.29) is 16.7 Å². The average Bonchev–Trinajstić information content (AvgIpc) is 2.28. The topological polar surface area (TPSA) is 20.3 Å². The molecule has 88 valence electrons. The molecule has 2 nitrogen and oxygen atoms in total. The molecule has 1 atom stereocenters. The maximum absolute atomic E-state index is 12.2. The lowest BCUT2D eigenvalue weighted by Crippen LogP contribution is -2.50. The zero-order valence-electron chi connectivity index (χ0n) is 9.75. The van der Waals surface area contributed by atoms with E-state index in [4.69, 9.17) is 11.6 Å². The summed E-state index contributed by atoms with van der Waals surface area (Å²) in [5, 5.41) is 0.159. The lowest BCUT2D eigenvalue weighted by atomic mass is 10.0. The van der Waals surface area contributed by atoms with E-state index in [2.05, 4.69) is 0 Å². The number of hydrogen-bond donors (Lipinski definition) is 0. The third-order valence-corrected chi connectivity index (χ3v) is 5.04. The van der Waals surface area contributed by atoms with Crippen LogP contribution in [0.2, 0.25) is 0 Å². The normalized spacial score (nSPS) is 22.5. The molecule has 1 aliphatic rings. The van der Waals surface area contributed by atoms with Gasteiger partial charge in [0.25, 0.3) is 0 Å². The quantitative estimate of drug-likeness (QED) is 0.717. The monoisotopic (exact) mass is 249 g/mol. The largest absolute Gasteiger partial charge is 0.338 e. The summed E-state index contributed by atoms with van der Waals surface area (Å²) in [7, 11) is 1.86. The number of halogens is 1. The summed E-state index contributed by atoms with van der Waals surface area (Å²) >= 11 is 7.66. The summed E-state index contributed by atoms with van der Waals surface area (Å²) in [6.07, 6.45) is 3.45. The van der Waals surface area contributed by atoms with E-state index < -0.39 is 0 Å². The molecular weight excluding hydrogens is 230 g/mol. The molecule has 1 heterocycles. The Balaban J connectivity index is 2.58. The smallest absolute Gasteiger partial charge is 0.235 e. The molecule has 0 N–H and O–H groups in total. The van der Waals surface area contributed by atoms with Crippen molar-refractivity contribution in [2.75, 3.05) is 18.7 Å². The van der Waals surface area contributed by atoms with Crippen molar-refractivity contribution in [1.82, 2.24) is 4.90 Å². The Morgan fingerprint density at radius 1 is 1.53 bits per heavy atom. The standard InChI is InChI=1S/C11H20ClNOS/c1-11(2,8-12)13(3)10(14)9-6-4-5-7-15-9/h9H,4-8H2,1-3H3. The van der Waals surface area contributed by atoms with Crippen LogP contribution in [-0.4, -0.2) is 40.3 Å². The summed E-state index contributed by atoms with van der Waals surface area (Å²) < 4.78 is 0. The number of carbonyl (C=O) groups is 1.